The van der Waals surface area contributed by atoms with Crippen molar-refractivity contribution in [3.05, 3.63) is 52.9 Å². The monoisotopic (exact) mass is 426 g/mol. The lowest BCUT2D eigenvalue weighted by atomic mass is 10.1. The number of carbonyl (C=O) groups excluding carboxylic acids is 1. The summed E-state index contributed by atoms with van der Waals surface area (Å²) < 4.78 is 16.3. The molecule has 0 saturated heterocycles. The number of carbonyl (C=O) groups is 1. The number of hydrogen-bond acceptors (Lipinski definition) is 6. The van der Waals surface area contributed by atoms with Crippen LogP contribution in [0.15, 0.2) is 42.5 Å². The quantitative estimate of drug-likeness (QED) is 0.453. The summed E-state index contributed by atoms with van der Waals surface area (Å²) in [5.74, 6) is 1.71. The summed E-state index contributed by atoms with van der Waals surface area (Å²) in [7, 11) is 3.20. The first-order valence-electron chi connectivity index (χ1n) is 9.79. The van der Waals surface area contributed by atoms with Crippen molar-refractivity contribution in [2.45, 2.75) is 26.7 Å². The molecule has 1 amide bonds. The van der Waals surface area contributed by atoms with Gasteiger partial charge >= 0.3 is 0 Å². The number of nitrogens with zero attached hydrogens (tertiary/aromatic N) is 1. The number of ether oxygens (including phenoxy) is 3. The molecule has 0 unspecified atom stereocenters. The summed E-state index contributed by atoms with van der Waals surface area (Å²) in [4.78, 5) is 18.4. The SMILES string of the molecule is CCCCOc1ccc(C(=O)Nc2nc(-c3ccc(OC)cc3)c(C)s2)cc1OC. The number of aromatic nitrogens is 1. The summed E-state index contributed by atoms with van der Waals surface area (Å²) in [6.45, 7) is 4.71. The fourth-order valence-electron chi connectivity index (χ4n) is 2.89. The third-order valence-electron chi connectivity index (χ3n) is 4.56. The number of methoxy groups -OCH3 is 2. The van der Waals surface area contributed by atoms with E-state index in [1.807, 2.05) is 31.2 Å². The van der Waals surface area contributed by atoms with Crippen LogP contribution in [0.5, 0.6) is 17.2 Å². The van der Waals surface area contributed by atoms with Gasteiger partial charge in [-0.15, -0.1) is 11.3 Å². The standard InChI is InChI=1S/C23H26N2O4S/c1-5-6-13-29-19-12-9-17(14-20(19)28-4)22(26)25-23-24-21(15(2)30-23)16-7-10-18(27-3)11-8-16/h7-12,14H,5-6,13H2,1-4H3,(H,24,25,26). The predicted molar refractivity (Wildman–Crippen MR) is 120 cm³/mol. The summed E-state index contributed by atoms with van der Waals surface area (Å²) >= 11 is 1.44. The summed E-state index contributed by atoms with van der Waals surface area (Å²) in [5.41, 5.74) is 2.30. The molecule has 3 rings (SSSR count). The summed E-state index contributed by atoms with van der Waals surface area (Å²) in [5, 5.41) is 3.43. The molecule has 0 radical (unpaired) electrons. The molecule has 3 aromatic rings. The molecule has 0 aliphatic carbocycles. The number of nitrogens with one attached hydrogen (secondary N) is 1. The van der Waals surface area contributed by atoms with E-state index in [1.165, 1.54) is 11.3 Å². The van der Waals surface area contributed by atoms with Gasteiger partial charge < -0.3 is 14.2 Å². The van der Waals surface area contributed by atoms with Crippen LogP contribution >= 0.6 is 11.3 Å². The third-order valence-corrected chi connectivity index (χ3v) is 5.45. The van der Waals surface area contributed by atoms with E-state index in [0.717, 1.165) is 34.7 Å². The van der Waals surface area contributed by atoms with Crippen LogP contribution in [-0.4, -0.2) is 31.7 Å². The molecule has 2 aromatic carbocycles. The van der Waals surface area contributed by atoms with Crippen LogP contribution in [0.4, 0.5) is 5.13 Å². The topological polar surface area (TPSA) is 69.7 Å². The maximum atomic E-state index is 12.7. The van der Waals surface area contributed by atoms with Crippen molar-refractivity contribution < 1.29 is 19.0 Å². The maximum Gasteiger partial charge on any atom is 0.257 e. The lowest BCUT2D eigenvalue weighted by molar-refractivity contribution is 0.102. The first kappa shape index (κ1) is 21.6. The Kier molecular flexibility index (Phi) is 7.30. The van der Waals surface area contributed by atoms with Gasteiger partial charge in [0.15, 0.2) is 16.6 Å². The molecule has 0 fully saturated rings. The minimum absolute atomic E-state index is 0.247. The highest BCUT2D eigenvalue weighted by molar-refractivity contribution is 7.16. The Morgan fingerprint density at radius 1 is 1.07 bits per heavy atom. The van der Waals surface area contributed by atoms with Gasteiger partial charge in [-0.2, -0.15) is 0 Å². The smallest absolute Gasteiger partial charge is 0.257 e. The van der Waals surface area contributed by atoms with E-state index in [4.69, 9.17) is 14.2 Å². The normalized spacial score (nSPS) is 10.5. The van der Waals surface area contributed by atoms with Crippen LogP contribution in [0.1, 0.15) is 35.0 Å². The van der Waals surface area contributed by atoms with Crippen LogP contribution in [0, 0.1) is 6.92 Å². The van der Waals surface area contributed by atoms with Crippen molar-refractivity contribution in [2.24, 2.45) is 0 Å². The molecule has 6 nitrogen and oxygen atoms in total. The highest BCUT2D eigenvalue weighted by Gasteiger charge is 2.15. The van der Waals surface area contributed by atoms with Gasteiger partial charge in [0.1, 0.15) is 5.75 Å². The minimum Gasteiger partial charge on any atom is -0.497 e. The van der Waals surface area contributed by atoms with Gasteiger partial charge in [0.25, 0.3) is 5.91 Å². The van der Waals surface area contributed by atoms with Gasteiger partial charge in [0.05, 0.1) is 26.5 Å². The lowest BCUT2D eigenvalue weighted by Gasteiger charge is -2.11. The number of benzene rings is 2. The van der Waals surface area contributed by atoms with Crippen molar-refractivity contribution in [1.82, 2.24) is 4.98 Å². The van der Waals surface area contributed by atoms with E-state index in [1.54, 1.807) is 32.4 Å². The largest absolute Gasteiger partial charge is 0.497 e. The van der Waals surface area contributed by atoms with Crippen molar-refractivity contribution in [1.29, 1.82) is 0 Å². The van der Waals surface area contributed by atoms with Gasteiger partial charge in [0.2, 0.25) is 0 Å². The predicted octanol–water partition coefficient (Wildman–Crippen LogP) is 5.57. The Morgan fingerprint density at radius 2 is 1.83 bits per heavy atom. The second kappa shape index (κ2) is 10.1. The number of hydrogen-bond donors (Lipinski definition) is 1. The van der Waals surface area contributed by atoms with Gasteiger partial charge in [-0.25, -0.2) is 4.98 Å². The highest BCUT2D eigenvalue weighted by Crippen LogP contribution is 2.32. The number of amides is 1. The zero-order valence-electron chi connectivity index (χ0n) is 17.7. The zero-order valence-corrected chi connectivity index (χ0v) is 18.5. The molecule has 0 atom stereocenters. The van der Waals surface area contributed by atoms with E-state index in [2.05, 4.69) is 17.2 Å². The van der Waals surface area contributed by atoms with Crippen LogP contribution in [0.25, 0.3) is 11.3 Å². The van der Waals surface area contributed by atoms with E-state index < -0.39 is 0 Å². The van der Waals surface area contributed by atoms with Crippen LogP contribution in [0.3, 0.4) is 0 Å². The van der Waals surface area contributed by atoms with E-state index in [-0.39, 0.29) is 5.91 Å². The van der Waals surface area contributed by atoms with Gasteiger partial charge in [-0.05, 0) is 55.8 Å². The third kappa shape index (κ3) is 5.10. The van der Waals surface area contributed by atoms with Gasteiger partial charge in [0, 0.05) is 16.0 Å². The molecule has 7 heteroatoms. The van der Waals surface area contributed by atoms with Gasteiger partial charge in [-0.3, -0.25) is 10.1 Å². The van der Waals surface area contributed by atoms with Crippen LogP contribution in [-0.2, 0) is 0 Å². The molecule has 0 spiro atoms. The first-order valence-corrected chi connectivity index (χ1v) is 10.6. The zero-order chi connectivity index (χ0) is 21.5. The molecule has 0 aliphatic rings. The Labute approximate surface area is 180 Å². The van der Waals surface area contributed by atoms with E-state index in [0.29, 0.717) is 28.8 Å². The molecule has 158 valence electrons. The summed E-state index contributed by atoms with van der Waals surface area (Å²) in [6.07, 6.45) is 2.01. The second-order valence-corrected chi connectivity index (χ2v) is 7.88. The lowest BCUT2D eigenvalue weighted by Crippen LogP contribution is -2.12. The van der Waals surface area contributed by atoms with Gasteiger partial charge in [-0.1, -0.05) is 13.3 Å². The fourth-order valence-corrected chi connectivity index (χ4v) is 3.72. The average Bonchev–Trinajstić information content (AvgIpc) is 3.13. The first-order chi connectivity index (χ1) is 14.5. The Hall–Kier alpha value is -3.06. The Balaban J connectivity index is 1.74. The van der Waals surface area contributed by atoms with Crippen molar-refractivity contribution in [3.63, 3.8) is 0 Å². The fraction of sp³-hybridized carbons (Fsp3) is 0.304. The molecule has 1 aromatic heterocycles. The number of rotatable bonds is 9. The Bertz CT molecular complexity index is 999. The van der Waals surface area contributed by atoms with Crippen LogP contribution in [0.2, 0.25) is 0 Å². The van der Waals surface area contributed by atoms with E-state index >= 15 is 0 Å². The highest BCUT2D eigenvalue weighted by atomic mass is 32.1. The maximum absolute atomic E-state index is 12.7. The number of aryl methyl sites for hydroxylation is 1. The molecular formula is C23H26N2O4S. The molecule has 1 N–H and O–H groups in total. The second-order valence-electron chi connectivity index (χ2n) is 6.67. The van der Waals surface area contributed by atoms with Crippen molar-refractivity contribution >= 4 is 22.4 Å². The molecule has 0 bridgehead atoms. The minimum atomic E-state index is -0.247. The number of unbranched alkanes of at least 4 members (excludes halogenated alkanes) is 1. The summed E-state index contributed by atoms with van der Waals surface area (Å²) in [6, 6.07) is 12.9. The Morgan fingerprint density at radius 3 is 2.50 bits per heavy atom. The number of anilines is 1. The molecule has 1 heterocycles. The van der Waals surface area contributed by atoms with Crippen LogP contribution < -0.4 is 19.5 Å². The molecule has 30 heavy (non-hydrogen) atoms. The molecule has 0 aliphatic heterocycles. The van der Waals surface area contributed by atoms with Crippen molar-refractivity contribution in [2.75, 3.05) is 26.1 Å². The van der Waals surface area contributed by atoms with E-state index in [9.17, 15) is 4.79 Å². The number of thiazole rings is 1. The average molecular weight is 427 g/mol. The van der Waals surface area contributed by atoms with Crippen molar-refractivity contribution in [3.8, 4) is 28.5 Å². The molecular weight excluding hydrogens is 400 g/mol. The molecule has 0 saturated carbocycles.